The fourth-order valence-electron chi connectivity index (χ4n) is 4.82. The number of carbonyl (C=O) groups is 1. The van der Waals surface area contributed by atoms with Gasteiger partial charge in [-0.25, -0.2) is 4.79 Å². The van der Waals surface area contributed by atoms with Crippen LogP contribution in [0.2, 0.25) is 0 Å². The van der Waals surface area contributed by atoms with Crippen LogP contribution < -0.4 is 15.6 Å². The zero-order valence-electron chi connectivity index (χ0n) is 20.7. The average molecular weight is 515 g/mol. The number of carboxylic acid groups (broad SMARTS) is 1. The number of benzene rings is 4. The lowest BCUT2D eigenvalue weighted by molar-refractivity contribution is -0.132. The minimum absolute atomic E-state index is 0.343. The highest BCUT2D eigenvalue weighted by Crippen LogP contribution is 2.51. The molecule has 0 bridgehead atoms. The van der Waals surface area contributed by atoms with Crippen molar-refractivity contribution in [3.63, 3.8) is 0 Å². The van der Waals surface area contributed by atoms with Gasteiger partial charge in [-0.2, -0.15) is 5.26 Å². The fraction of sp³-hybridized carbons (Fsp3) is 0.0968. The van der Waals surface area contributed by atoms with Crippen LogP contribution in [0.3, 0.4) is 0 Å². The topological polar surface area (TPSA) is 89.0 Å². The summed E-state index contributed by atoms with van der Waals surface area (Å²) in [5, 5.41) is 19.9. The van der Waals surface area contributed by atoms with Gasteiger partial charge in [0.25, 0.3) is 0 Å². The van der Waals surface area contributed by atoms with Crippen LogP contribution in [0.5, 0.6) is 0 Å². The lowest BCUT2D eigenvalue weighted by atomic mass is 10.0. The van der Waals surface area contributed by atoms with E-state index in [1.54, 1.807) is 17.8 Å². The van der Waals surface area contributed by atoms with E-state index >= 15 is 0 Å². The molecule has 0 aliphatic carbocycles. The Labute approximate surface area is 223 Å². The summed E-state index contributed by atoms with van der Waals surface area (Å²) in [6.45, 7) is 3.81. The second-order valence-corrected chi connectivity index (χ2v) is 10.6. The number of fused-ring (bicyclic) bond motifs is 3. The molecule has 0 saturated carbocycles. The summed E-state index contributed by atoms with van der Waals surface area (Å²) >= 11 is 1.73. The van der Waals surface area contributed by atoms with E-state index in [9.17, 15) is 15.2 Å². The predicted octanol–water partition coefficient (Wildman–Crippen LogP) is 6.27. The van der Waals surface area contributed by atoms with Crippen molar-refractivity contribution in [1.29, 1.82) is 5.26 Å². The van der Waals surface area contributed by atoms with Gasteiger partial charge in [0, 0.05) is 26.6 Å². The van der Waals surface area contributed by atoms with Gasteiger partial charge in [-0.15, -0.1) is 0 Å². The molecule has 0 atom stereocenters. The summed E-state index contributed by atoms with van der Waals surface area (Å²) in [6, 6.07) is 30.6. The standard InChI is InChI=1S/C31H22N4O2S/c1-31(2)33-28-20(16-21(18-32)30(36)37)12-14-23(29(28)34-31)19-13-15-25-27(17-19)38-26-11-7-6-10-24(26)35(25)22-8-4-3-5-9-22/h3-17H,1-2H3,(H,36,37)/b21-16-. The molecule has 7 heteroatoms. The quantitative estimate of drug-likeness (QED) is 0.226. The number of nitrogens with zero attached hydrogens (tertiary/aromatic N) is 4. The van der Waals surface area contributed by atoms with E-state index in [-0.39, 0.29) is 5.57 Å². The number of para-hydroxylation sites is 2. The third kappa shape index (κ3) is 4.05. The summed E-state index contributed by atoms with van der Waals surface area (Å²) in [5.41, 5.74) is 4.76. The van der Waals surface area contributed by atoms with Crippen molar-refractivity contribution in [3.05, 3.63) is 107 Å². The Morgan fingerprint density at radius 2 is 1.63 bits per heavy atom. The largest absolute Gasteiger partial charge is 0.477 e. The molecular formula is C31H22N4O2S. The normalized spacial score (nSPS) is 14.9. The highest BCUT2D eigenvalue weighted by molar-refractivity contribution is 7.99. The van der Waals surface area contributed by atoms with E-state index in [1.807, 2.05) is 44.2 Å². The van der Waals surface area contributed by atoms with Gasteiger partial charge in [0.1, 0.15) is 17.3 Å². The molecule has 0 saturated heterocycles. The molecule has 0 spiro atoms. The third-order valence-corrected chi connectivity index (χ3v) is 7.57. The summed E-state index contributed by atoms with van der Waals surface area (Å²) in [4.78, 5) is 25.6. The number of carboxylic acids is 1. The molecule has 38 heavy (non-hydrogen) atoms. The summed E-state index contributed by atoms with van der Waals surface area (Å²) in [6.07, 6.45) is 1.36. The van der Waals surface area contributed by atoms with Crippen molar-refractivity contribution >= 4 is 40.9 Å². The van der Waals surface area contributed by atoms with Gasteiger partial charge in [-0.05, 0) is 61.9 Å². The molecule has 184 valence electrons. The van der Waals surface area contributed by atoms with Crippen molar-refractivity contribution in [3.8, 4) is 17.2 Å². The molecule has 2 aliphatic heterocycles. The predicted molar refractivity (Wildman–Crippen MR) is 148 cm³/mol. The maximum absolute atomic E-state index is 11.5. The maximum Gasteiger partial charge on any atom is 0.346 e. The molecule has 0 amide bonds. The Kier molecular flexibility index (Phi) is 5.63. The molecule has 4 aromatic rings. The molecule has 0 fully saturated rings. The Bertz CT molecular complexity index is 1820. The lowest BCUT2D eigenvalue weighted by Crippen LogP contribution is -2.27. The highest BCUT2D eigenvalue weighted by Gasteiger charge is 2.26. The van der Waals surface area contributed by atoms with Crippen LogP contribution in [0.15, 0.2) is 110 Å². The second-order valence-electron chi connectivity index (χ2n) is 9.52. The Morgan fingerprint density at radius 1 is 0.921 bits per heavy atom. The van der Waals surface area contributed by atoms with Gasteiger partial charge >= 0.3 is 5.97 Å². The molecule has 0 radical (unpaired) electrons. The molecule has 4 aromatic carbocycles. The van der Waals surface area contributed by atoms with Gasteiger partial charge in [-0.3, -0.25) is 9.98 Å². The first-order valence-corrected chi connectivity index (χ1v) is 12.9. The van der Waals surface area contributed by atoms with Crippen molar-refractivity contribution < 1.29 is 9.90 Å². The molecule has 2 aliphatic rings. The van der Waals surface area contributed by atoms with E-state index in [0.717, 1.165) is 33.1 Å². The van der Waals surface area contributed by atoms with Gasteiger partial charge in [0.15, 0.2) is 0 Å². The van der Waals surface area contributed by atoms with Crippen molar-refractivity contribution in [2.45, 2.75) is 29.3 Å². The minimum atomic E-state index is -1.27. The highest BCUT2D eigenvalue weighted by atomic mass is 32.2. The van der Waals surface area contributed by atoms with Gasteiger partial charge in [0.05, 0.1) is 22.1 Å². The van der Waals surface area contributed by atoms with Crippen molar-refractivity contribution in [2.24, 2.45) is 9.98 Å². The van der Waals surface area contributed by atoms with E-state index in [4.69, 9.17) is 9.98 Å². The summed E-state index contributed by atoms with van der Waals surface area (Å²) in [5.74, 6) is -1.27. The number of rotatable bonds is 4. The Balaban J connectivity index is 1.52. The Morgan fingerprint density at radius 3 is 2.39 bits per heavy atom. The van der Waals surface area contributed by atoms with Gasteiger partial charge in [-0.1, -0.05) is 60.3 Å². The molecule has 6 nitrogen and oxygen atoms in total. The zero-order chi connectivity index (χ0) is 26.4. The fourth-order valence-corrected chi connectivity index (χ4v) is 5.92. The monoisotopic (exact) mass is 514 g/mol. The lowest BCUT2D eigenvalue weighted by Gasteiger charge is -2.33. The van der Waals surface area contributed by atoms with Crippen LogP contribution in [0, 0.1) is 11.3 Å². The summed E-state index contributed by atoms with van der Waals surface area (Å²) < 4.78 is 0. The second kappa shape index (κ2) is 9.02. The molecule has 2 heterocycles. The number of hydrogen-bond acceptors (Lipinski definition) is 6. The molecule has 1 N–H and O–H groups in total. The SMILES string of the molecule is CC1(C)N=c2c(/C=C(/C#N)C(=O)O)ccc(-c3ccc4c(c3)Sc3ccccc3N4c3ccccc3)c2=N1. The molecule has 6 rings (SSSR count). The van der Waals surface area contributed by atoms with Crippen LogP contribution in [-0.4, -0.2) is 16.7 Å². The first-order valence-electron chi connectivity index (χ1n) is 12.1. The van der Waals surface area contributed by atoms with Crippen LogP contribution in [0.25, 0.3) is 17.2 Å². The van der Waals surface area contributed by atoms with Crippen molar-refractivity contribution in [1.82, 2.24) is 0 Å². The molecule has 0 aromatic heterocycles. The van der Waals surface area contributed by atoms with Crippen LogP contribution >= 0.6 is 11.8 Å². The van der Waals surface area contributed by atoms with Crippen molar-refractivity contribution in [2.75, 3.05) is 4.90 Å². The van der Waals surface area contributed by atoms with Crippen LogP contribution in [0.4, 0.5) is 17.1 Å². The first-order chi connectivity index (χ1) is 18.3. The van der Waals surface area contributed by atoms with Crippen LogP contribution in [0.1, 0.15) is 19.4 Å². The summed E-state index contributed by atoms with van der Waals surface area (Å²) in [7, 11) is 0. The minimum Gasteiger partial charge on any atom is -0.477 e. The maximum atomic E-state index is 11.5. The number of nitriles is 1. The number of hydrogen-bond donors (Lipinski definition) is 1. The van der Waals surface area contributed by atoms with Gasteiger partial charge in [0.2, 0.25) is 0 Å². The number of anilines is 3. The van der Waals surface area contributed by atoms with Crippen LogP contribution in [-0.2, 0) is 4.79 Å². The smallest absolute Gasteiger partial charge is 0.346 e. The van der Waals surface area contributed by atoms with E-state index in [2.05, 4.69) is 59.5 Å². The van der Waals surface area contributed by atoms with Gasteiger partial charge < -0.3 is 10.0 Å². The Hall–Kier alpha value is -4.67. The third-order valence-electron chi connectivity index (χ3n) is 6.46. The number of aliphatic carboxylic acids is 1. The zero-order valence-corrected chi connectivity index (χ0v) is 21.5. The van der Waals surface area contributed by atoms with E-state index in [0.29, 0.717) is 16.3 Å². The van der Waals surface area contributed by atoms with E-state index in [1.165, 1.54) is 11.0 Å². The first kappa shape index (κ1) is 23.7. The molecule has 0 unspecified atom stereocenters. The van der Waals surface area contributed by atoms with E-state index < -0.39 is 11.6 Å². The molecular weight excluding hydrogens is 492 g/mol. The average Bonchev–Trinajstić information content (AvgIpc) is 3.25.